The highest BCUT2D eigenvalue weighted by molar-refractivity contribution is 6.02. The van der Waals surface area contributed by atoms with E-state index in [-0.39, 0.29) is 145 Å². The van der Waals surface area contributed by atoms with Gasteiger partial charge in [-0.2, -0.15) is 0 Å². The minimum absolute atomic E-state index is 0.0196. The second kappa shape index (κ2) is 50.2. The quantitative estimate of drug-likeness (QED) is 0.0260. The van der Waals surface area contributed by atoms with Gasteiger partial charge in [-0.1, -0.05) is 114 Å². The maximum atomic E-state index is 18.2. The molecular formula is C95H134F2N8O22. The van der Waals surface area contributed by atoms with E-state index < -0.39 is 124 Å². The molecule has 1 aromatic heterocycles. The standard InChI is InChI=1S/C95H134F2N8O22/c1-8-20-87-126-83-59-73-74-58-76(96)75-57-71(107)33-36-92(75,6)94(74,97)81(110)60-93(73,7)95(83,127-87)82(111)61-100-90(115)65(5)55-79(109)88(64(3)4)101-91(116)68(23-17-18-37-99-85(113)63-125-80-28-12-10-11-27-78-89(80)102-103-105(78)38-42-120-46-50-124-54-53-123-49-45-119-41-35-84(112)98-9-2)56-72(108)34-40-118-44-48-122-52-51-121-47-43-117-39-19-25-70(106)31-32-86(114)104-62-69-24-14-13-21-66(69)29-30-67-22-15-16-26-77(67)104/h13-16,21-22,24,26,33,36,57,64-65,68,73-74,76,80-81,83,87-88,110H,8-12,17-20,23,25,27-28,31-32,34-35,37-56,58-63H2,1-7H3,(H,98,112)(H,99,113)(H,100,115)(H,101,116)/t65-,68+,73+,74+,76+,80?,81+,83-,87?,88+,92+,93+,94+,95-/m1/s1. The van der Waals surface area contributed by atoms with E-state index in [0.717, 1.165) is 59.8 Å². The lowest BCUT2D eigenvalue weighted by atomic mass is 9.44. The number of amides is 5. The zero-order valence-corrected chi connectivity index (χ0v) is 75.2. The number of allylic oxidation sites excluding steroid dienone is 4. The van der Waals surface area contributed by atoms with Crippen molar-refractivity contribution in [3.05, 3.63) is 100 Å². The molecule has 0 spiro atoms. The Kier molecular flexibility index (Phi) is 39.9. The van der Waals surface area contributed by atoms with E-state index in [2.05, 4.69) is 43.4 Å². The molecule has 3 saturated carbocycles. The van der Waals surface area contributed by atoms with Crippen molar-refractivity contribution >= 4 is 64.1 Å². The van der Waals surface area contributed by atoms with Crippen LogP contribution in [-0.2, 0) is 120 Å². The molecule has 5 N–H and O–H groups in total. The number of nitrogens with zero attached hydrogens (tertiary/aromatic N) is 4. The van der Waals surface area contributed by atoms with E-state index in [0.29, 0.717) is 143 Å². The molecule has 700 valence electrons. The Labute approximate surface area is 744 Å². The summed E-state index contributed by atoms with van der Waals surface area (Å²) in [4.78, 5) is 138. The highest BCUT2D eigenvalue weighted by Crippen LogP contribution is 2.72. The molecule has 3 aromatic rings. The number of hydrogen-bond acceptors (Lipinski definition) is 24. The molecule has 0 bridgehead atoms. The first-order valence-corrected chi connectivity index (χ1v) is 45.9. The number of halogens is 2. The number of benzene rings is 2. The van der Waals surface area contributed by atoms with Crippen molar-refractivity contribution in [2.45, 2.75) is 244 Å². The number of para-hydroxylation sites is 1. The summed E-state index contributed by atoms with van der Waals surface area (Å²) in [7, 11) is 0. The Hall–Kier alpha value is -8.30. The van der Waals surface area contributed by atoms with Crippen LogP contribution in [0.25, 0.3) is 0 Å². The highest BCUT2D eigenvalue weighted by atomic mass is 19.1. The van der Waals surface area contributed by atoms with Crippen molar-refractivity contribution in [1.29, 1.82) is 0 Å². The molecule has 5 amide bonds. The van der Waals surface area contributed by atoms with E-state index in [1.165, 1.54) is 26.0 Å². The maximum absolute atomic E-state index is 18.2. The van der Waals surface area contributed by atoms with E-state index in [1.807, 2.05) is 67.1 Å². The number of ether oxygens (including phenoxy) is 11. The number of hydrogen-bond donors (Lipinski definition) is 5. The second-order valence-electron chi connectivity index (χ2n) is 35.0. The number of fused-ring (bicyclic) bond motifs is 10. The topological polar surface area (TPSA) is 375 Å². The van der Waals surface area contributed by atoms with Gasteiger partial charge in [0, 0.05) is 104 Å². The molecule has 2 unspecified atom stereocenters. The molecule has 0 radical (unpaired) electrons. The van der Waals surface area contributed by atoms with Crippen molar-refractivity contribution in [3.8, 4) is 11.8 Å². The van der Waals surface area contributed by atoms with Crippen LogP contribution in [0.4, 0.5) is 14.5 Å². The largest absolute Gasteiger partial charge is 0.390 e. The van der Waals surface area contributed by atoms with Crippen LogP contribution in [0.2, 0.25) is 0 Å². The molecule has 14 atom stereocenters. The summed E-state index contributed by atoms with van der Waals surface area (Å²) in [6.07, 6.45) is 4.49. The van der Waals surface area contributed by atoms with Crippen LogP contribution in [0.1, 0.15) is 211 Å². The van der Waals surface area contributed by atoms with E-state index in [1.54, 1.807) is 25.7 Å². The Balaban J connectivity index is 0.655. The van der Waals surface area contributed by atoms with Gasteiger partial charge in [0.05, 0.1) is 148 Å². The third kappa shape index (κ3) is 27.0. The number of unbranched alkanes of at least 4 members (excludes halogenated alkanes) is 1. The maximum Gasteiger partial charge on any atom is 0.246 e. The smallest absolute Gasteiger partial charge is 0.246 e. The normalized spacial score (nSPS) is 24.5. The molecule has 7 aliphatic rings. The number of aliphatic hydroxyl groups excluding tert-OH is 1. The number of nitrogens with one attached hydrogen (secondary N) is 4. The van der Waals surface area contributed by atoms with E-state index in [4.69, 9.17) is 52.1 Å². The number of Topliss-reactive ketones (excluding diaryl/α,β-unsaturated/α-hetero) is 4. The summed E-state index contributed by atoms with van der Waals surface area (Å²) >= 11 is 0. The molecule has 5 aliphatic carbocycles. The highest BCUT2D eigenvalue weighted by Gasteiger charge is 2.80. The van der Waals surface area contributed by atoms with Gasteiger partial charge in [0.15, 0.2) is 34.9 Å². The van der Waals surface area contributed by atoms with Crippen molar-refractivity contribution in [2.24, 2.45) is 40.4 Å². The first-order chi connectivity index (χ1) is 61.3. The molecule has 2 aromatic carbocycles. The number of ketones is 5. The number of rotatable bonds is 57. The summed E-state index contributed by atoms with van der Waals surface area (Å²) in [6, 6.07) is 14.2. The zero-order chi connectivity index (χ0) is 90.9. The van der Waals surface area contributed by atoms with Crippen LogP contribution in [0.3, 0.4) is 0 Å². The predicted octanol–water partition coefficient (Wildman–Crippen LogP) is 9.07. The predicted molar refractivity (Wildman–Crippen MR) is 464 cm³/mol. The van der Waals surface area contributed by atoms with Gasteiger partial charge in [-0.3, -0.25) is 47.9 Å². The van der Waals surface area contributed by atoms with Crippen LogP contribution in [0.5, 0.6) is 0 Å². The van der Waals surface area contributed by atoms with Crippen LogP contribution < -0.4 is 26.2 Å². The van der Waals surface area contributed by atoms with Crippen molar-refractivity contribution in [3.63, 3.8) is 0 Å². The third-order valence-electron chi connectivity index (χ3n) is 25.8. The van der Waals surface area contributed by atoms with E-state index in [9.17, 15) is 48.3 Å². The van der Waals surface area contributed by atoms with Crippen LogP contribution >= 0.6 is 0 Å². The molecular weight excluding hydrogens is 1640 g/mol. The summed E-state index contributed by atoms with van der Waals surface area (Å²) in [5.41, 5.74) is -2.28. The van der Waals surface area contributed by atoms with Gasteiger partial charge in [0.25, 0.3) is 0 Å². The Morgan fingerprint density at radius 2 is 1.34 bits per heavy atom. The number of alkyl halides is 2. The Morgan fingerprint density at radius 3 is 2.03 bits per heavy atom. The first-order valence-electron chi connectivity index (χ1n) is 45.9. The molecule has 127 heavy (non-hydrogen) atoms. The summed E-state index contributed by atoms with van der Waals surface area (Å²) < 4.78 is 101. The van der Waals surface area contributed by atoms with E-state index >= 15 is 13.6 Å². The molecule has 10 rings (SSSR count). The minimum atomic E-state index is -2.42. The summed E-state index contributed by atoms with van der Waals surface area (Å²) in [5, 5.41) is 32.4. The summed E-state index contributed by atoms with van der Waals surface area (Å²) in [5.74, 6) is -1.38. The fourth-order valence-corrected chi connectivity index (χ4v) is 19.0. The molecule has 3 heterocycles. The van der Waals surface area contributed by atoms with Gasteiger partial charge in [-0.15, -0.1) is 5.10 Å². The second-order valence-corrected chi connectivity index (χ2v) is 35.0. The average molecular weight is 1780 g/mol. The van der Waals surface area contributed by atoms with Crippen molar-refractivity contribution in [1.82, 2.24) is 36.3 Å². The number of carbonyl (C=O) groups excluding carboxylic acids is 10. The van der Waals surface area contributed by atoms with Gasteiger partial charge in [0.1, 0.15) is 36.1 Å². The fourth-order valence-electron chi connectivity index (χ4n) is 19.0. The van der Waals surface area contributed by atoms with Gasteiger partial charge in [0.2, 0.25) is 29.5 Å². The molecule has 2 aliphatic heterocycles. The molecule has 32 heteroatoms. The van der Waals surface area contributed by atoms with Gasteiger partial charge in [-0.05, 0) is 131 Å². The van der Waals surface area contributed by atoms with Crippen LogP contribution in [0.15, 0.2) is 72.3 Å². The van der Waals surface area contributed by atoms with Gasteiger partial charge < -0.3 is 83.4 Å². The zero-order valence-electron chi connectivity index (χ0n) is 75.2. The Morgan fingerprint density at radius 1 is 0.685 bits per heavy atom. The first kappa shape index (κ1) is 101. The summed E-state index contributed by atoms with van der Waals surface area (Å²) in [6.45, 7) is 17.9. The lowest BCUT2D eigenvalue weighted by Gasteiger charge is -2.63. The monoisotopic (exact) mass is 1780 g/mol. The molecule has 4 fully saturated rings. The third-order valence-corrected chi connectivity index (χ3v) is 25.8. The van der Waals surface area contributed by atoms with Crippen LogP contribution in [0, 0.1) is 52.3 Å². The van der Waals surface area contributed by atoms with Crippen LogP contribution in [-0.4, -0.2) is 252 Å². The van der Waals surface area contributed by atoms with Gasteiger partial charge >= 0.3 is 0 Å². The van der Waals surface area contributed by atoms with Gasteiger partial charge in [-0.25, -0.2) is 13.5 Å². The van der Waals surface area contributed by atoms with Crippen molar-refractivity contribution < 1.29 is 114 Å². The fraction of sp³-hybridized carbons (Fsp3) is 0.684. The van der Waals surface area contributed by atoms with Crippen molar-refractivity contribution in [2.75, 3.05) is 137 Å². The average Bonchev–Trinajstić information content (AvgIpc) is 1.55. The lowest BCUT2D eigenvalue weighted by Crippen LogP contribution is -2.71. The molecule has 30 nitrogen and oxygen atoms in total. The number of anilines is 1. The molecule has 1 saturated heterocycles. The lowest BCUT2D eigenvalue weighted by molar-refractivity contribution is -0.234. The Bertz CT molecular complexity index is 4300. The number of aliphatic hydroxyl groups is 1. The number of carbonyl (C=O) groups is 10. The number of aromatic nitrogens is 3. The minimum Gasteiger partial charge on any atom is -0.390 e. The SMILES string of the molecule is CCCC1O[C@@H]2C[C@H]3[C@@H]4C[C@H](F)C5=CC(=O)C=C[C@]5(C)[C@@]4(F)[C@@H](O)C[C@]3(C)[C@]2(C(=O)CNC(=O)[C@H](C)CC(=O)[C@@H](NC(=O)[C@@H](CCCCNC(=O)COC2CCCCCc3c2nnn3CCOCCOCCOCCOCCC(=O)NCC)CC(=O)CCOCCOCCOCCOCCCC(=O)CCC(=O)N2Cc3ccccc3C#Cc3ccccc32)C(C)C)O1.